The Balaban J connectivity index is 1.65. The average molecular weight is 367 g/mol. The van der Waals surface area contributed by atoms with Crippen LogP contribution >= 0.6 is 11.8 Å². The Kier molecular flexibility index (Phi) is 5.43. The standard InChI is InChI=1S/C18H17N5O2S/c1-12(24)20-15-5-3-13(4-6-15)16(25)11-26-18-22-21-17(23(18)2)14-7-9-19-10-8-14/h3-10H,11H2,1-2H3,(H,20,24). The van der Waals surface area contributed by atoms with Crippen molar-refractivity contribution < 1.29 is 9.59 Å². The number of hydrogen-bond donors (Lipinski definition) is 1. The van der Waals surface area contributed by atoms with Crippen LogP contribution in [-0.4, -0.2) is 37.2 Å². The fraction of sp³-hybridized carbons (Fsp3) is 0.167. The minimum atomic E-state index is -0.146. The number of carbonyl (C=O) groups excluding carboxylic acids is 2. The van der Waals surface area contributed by atoms with Crippen LogP contribution in [0.2, 0.25) is 0 Å². The molecule has 0 aliphatic rings. The van der Waals surface area contributed by atoms with Crippen molar-refractivity contribution in [1.29, 1.82) is 0 Å². The molecule has 8 heteroatoms. The summed E-state index contributed by atoms with van der Waals surface area (Å²) in [5.41, 5.74) is 2.17. The maximum absolute atomic E-state index is 12.4. The molecule has 3 aromatic rings. The highest BCUT2D eigenvalue weighted by Gasteiger charge is 2.13. The molecule has 0 atom stereocenters. The third-order valence-electron chi connectivity index (χ3n) is 3.63. The molecule has 3 rings (SSSR count). The number of benzene rings is 1. The molecule has 0 aliphatic carbocycles. The molecule has 0 fully saturated rings. The number of aromatic nitrogens is 4. The van der Waals surface area contributed by atoms with Crippen molar-refractivity contribution in [2.24, 2.45) is 7.05 Å². The molecule has 1 amide bonds. The molecule has 1 aromatic carbocycles. The van der Waals surface area contributed by atoms with Crippen LogP contribution < -0.4 is 5.32 Å². The summed E-state index contributed by atoms with van der Waals surface area (Å²) in [6, 6.07) is 10.5. The first kappa shape index (κ1) is 17.8. The number of thioether (sulfide) groups is 1. The lowest BCUT2D eigenvalue weighted by Gasteiger charge is -2.05. The molecule has 0 bridgehead atoms. The van der Waals surface area contributed by atoms with Crippen molar-refractivity contribution in [3.05, 3.63) is 54.4 Å². The van der Waals surface area contributed by atoms with Crippen molar-refractivity contribution in [3.8, 4) is 11.4 Å². The highest BCUT2D eigenvalue weighted by Crippen LogP contribution is 2.23. The Morgan fingerprint density at radius 2 is 1.77 bits per heavy atom. The summed E-state index contributed by atoms with van der Waals surface area (Å²) in [4.78, 5) is 27.4. The zero-order valence-corrected chi connectivity index (χ0v) is 15.2. The lowest BCUT2D eigenvalue weighted by Crippen LogP contribution is -2.07. The predicted octanol–water partition coefficient (Wildman–Crippen LogP) is 2.81. The Bertz CT molecular complexity index is 923. The third-order valence-corrected chi connectivity index (χ3v) is 4.65. The summed E-state index contributed by atoms with van der Waals surface area (Å²) in [6.07, 6.45) is 3.40. The van der Waals surface area contributed by atoms with E-state index in [-0.39, 0.29) is 17.4 Å². The smallest absolute Gasteiger partial charge is 0.221 e. The molecule has 0 radical (unpaired) electrons. The molecule has 0 unspecified atom stereocenters. The van der Waals surface area contributed by atoms with Gasteiger partial charge in [0.05, 0.1) is 5.75 Å². The van der Waals surface area contributed by atoms with Gasteiger partial charge in [-0.3, -0.25) is 14.6 Å². The van der Waals surface area contributed by atoms with Gasteiger partial charge in [0.2, 0.25) is 5.91 Å². The predicted molar refractivity (Wildman–Crippen MR) is 100 cm³/mol. The van der Waals surface area contributed by atoms with E-state index in [1.807, 2.05) is 23.7 Å². The molecule has 0 saturated heterocycles. The second kappa shape index (κ2) is 7.92. The second-order valence-electron chi connectivity index (χ2n) is 5.57. The van der Waals surface area contributed by atoms with E-state index in [4.69, 9.17) is 0 Å². The van der Waals surface area contributed by atoms with Crippen molar-refractivity contribution in [2.45, 2.75) is 12.1 Å². The largest absolute Gasteiger partial charge is 0.326 e. The zero-order chi connectivity index (χ0) is 18.5. The minimum Gasteiger partial charge on any atom is -0.326 e. The van der Waals surface area contributed by atoms with Crippen molar-refractivity contribution in [3.63, 3.8) is 0 Å². The van der Waals surface area contributed by atoms with E-state index >= 15 is 0 Å². The number of carbonyl (C=O) groups is 2. The number of hydrogen-bond acceptors (Lipinski definition) is 6. The summed E-state index contributed by atoms with van der Waals surface area (Å²) in [7, 11) is 1.87. The summed E-state index contributed by atoms with van der Waals surface area (Å²) >= 11 is 1.33. The van der Waals surface area contributed by atoms with Gasteiger partial charge in [0.1, 0.15) is 0 Å². The SMILES string of the molecule is CC(=O)Nc1ccc(C(=O)CSc2nnc(-c3ccncc3)n2C)cc1. The van der Waals surface area contributed by atoms with Gasteiger partial charge in [-0.2, -0.15) is 0 Å². The van der Waals surface area contributed by atoms with Gasteiger partial charge in [0.25, 0.3) is 0 Å². The second-order valence-corrected chi connectivity index (χ2v) is 6.51. The fourth-order valence-corrected chi connectivity index (χ4v) is 3.15. The van der Waals surface area contributed by atoms with Crippen molar-refractivity contribution >= 4 is 29.1 Å². The summed E-state index contributed by atoms with van der Waals surface area (Å²) in [5, 5.41) is 11.7. The van der Waals surface area contributed by atoms with E-state index < -0.39 is 0 Å². The number of nitrogens with one attached hydrogen (secondary N) is 1. The van der Waals surface area contributed by atoms with Crippen LogP contribution in [0, 0.1) is 0 Å². The first-order valence-corrected chi connectivity index (χ1v) is 8.86. The molecular weight excluding hydrogens is 350 g/mol. The van der Waals surface area contributed by atoms with Crippen LogP contribution in [0.3, 0.4) is 0 Å². The molecule has 2 aromatic heterocycles. The molecule has 7 nitrogen and oxygen atoms in total. The van der Waals surface area contributed by atoms with Crippen molar-refractivity contribution in [1.82, 2.24) is 19.7 Å². The zero-order valence-electron chi connectivity index (χ0n) is 14.3. The first-order valence-electron chi connectivity index (χ1n) is 7.88. The van der Waals surface area contributed by atoms with Crippen LogP contribution in [0.1, 0.15) is 17.3 Å². The normalized spacial score (nSPS) is 10.5. The molecular formula is C18H17N5O2S. The van der Waals surface area contributed by atoms with Gasteiger partial charge in [0, 0.05) is 43.2 Å². The van der Waals surface area contributed by atoms with Crippen LogP contribution in [0.15, 0.2) is 53.9 Å². The maximum Gasteiger partial charge on any atom is 0.221 e. The Morgan fingerprint density at radius 3 is 2.42 bits per heavy atom. The topological polar surface area (TPSA) is 89.8 Å². The van der Waals surface area contributed by atoms with Gasteiger partial charge in [-0.25, -0.2) is 0 Å². The number of ketones is 1. The van der Waals surface area contributed by atoms with E-state index in [1.165, 1.54) is 18.7 Å². The molecule has 26 heavy (non-hydrogen) atoms. The monoisotopic (exact) mass is 367 g/mol. The van der Waals surface area contributed by atoms with Crippen molar-refractivity contribution in [2.75, 3.05) is 11.1 Å². The Labute approximate surface area is 154 Å². The lowest BCUT2D eigenvalue weighted by molar-refractivity contribution is -0.114. The number of pyridine rings is 1. The van der Waals surface area contributed by atoms with Crippen LogP contribution in [0.5, 0.6) is 0 Å². The van der Waals surface area contributed by atoms with Crippen LogP contribution in [-0.2, 0) is 11.8 Å². The van der Waals surface area contributed by atoms with Gasteiger partial charge < -0.3 is 9.88 Å². The van der Waals surface area contributed by atoms with Gasteiger partial charge in [-0.15, -0.1) is 10.2 Å². The highest BCUT2D eigenvalue weighted by molar-refractivity contribution is 7.99. The molecule has 132 valence electrons. The number of nitrogens with zero attached hydrogens (tertiary/aromatic N) is 4. The maximum atomic E-state index is 12.4. The van der Waals surface area contributed by atoms with Gasteiger partial charge in [-0.05, 0) is 36.4 Å². The van der Waals surface area contributed by atoms with Gasteiger partial charge in [0.15, 0.2) is 16.8 Å². The van der Waals surface area contributed by atoms with E-state index in [0.717, 1.165) is 11.4 Å². The lowest BCUT2D eigenvalue weighted by atomic mass is 10.1. The fourth-order valence-electron chi connectivity index (χ4n) is 2.35. The summed E-state index contributed by atoms with van der Waals surface area (Å²) in [6.45, 7) is 1.44. The quantitative estimate of drug-likeness (QED) is 0.532. The number of rotatable bonds is 6. The molecule has 0 aliphatic heterocycles. The number of anilines is 1. The van der Waals surface area contributed by atoms with Gasteiger partial charge in [-0.1, -0.05) is 11.8 Å². The van der Waals surface area contributed by atoms with Crippen LogP contribution in [0.4, 0.5) is 5.69 Å². The summed E-state index contributed by atoms with van der Waals surface area (Å²) in [5.74, 6) is 0.814. The van der Waals surface area contributed by atoms with Crippen LogP contribution in [0.25, 0.3) is 11.4 Å². The van der Waals surface area contributed by atoms with E-state index in [1.54, 1.807) is 36.7 Å². The molecule has 1 N–H and O–H groups in total. The van der Waals surface area contributed by atoms with Gasteiger partial charge >= 0.3 is 0 Å². The molecule has 2 heterocycles. The Hall–Kier alpha value is -3.00. The average Bonchev–Trinajstić information content (AvgIpc) is 3.01. The van der Waals surface area contributed by atoms with E-state index in [2.05, 4.69) is 20.5 Å². The Morgan fingerprint density at radius 1 is 1.08 bits per heavy atom. The number of Topliss-reactive ketones (excluding diaryl/α,β-unsaturated/α-hetero) is 1. The van der Waals surface area contributed by atoms with E-state index in [0.29, 0.717) is 16.4 Å². The summed E-state index contributed by atoms with van der Waals surface area (Å²) < 4.78 is 1.85. The molecule has 0 spiro atoms. The number of amides is 1. The third kappa shape index (κ3) is 4.15. The molecule has 0 saturated carbocycles. The van der Waals surface area contributed by atoms with E-state index in [9.17, 15) is 9.59 Å². The first-order chi connectivity index (χ1) is 12.5. The highest BCUT2D eigenvalue weighted by atomic mass is 32.2. The minimum absolute atomic E-state index is 0.0159.